The highest BCUT2D eigenvalue weighted by atomic mass is 32.1. The summed E-state index contributed by atoms with van der Waals surface area (Å²) in [6.07, 6.45) is -4.56. The summed E-state index contributed by atoms with van der Waals surface area (Å²) in [5.41, 5.74) is 0.791. The molecule has 2 aromatic heterocycles. The number of rotatable bonds is 7. The fourth-order valence-electron chi connectivity index (χ4n) is 1.54. The summed E-state index contributed by atoms with van der Waals surface area (Å²) in [6, 6.07) is 1.81. The lowest BCUT2D eigenvalue weighted by Crippen LogP contribution is -2.36. The molecule has 0 fully saturated rings. The first-order chi connectivity index (χ1) is 11.3. The van der Waals surface area contributed by atoms with Gasteiger partial charge in [0.2, 0.25) is 11.7 Å². The van der Waals surface area contributed by atoms with E-state index in [1.165, 1.54) is 11.3 Å². The molecule has 24 heavy (non-hydrogen) atoms. The first-order valence-electron chi connectivity index (χ1n) is 6.68. The first kappa shape index (κ1) is 17.9. The van der Waals surface area contributed by atoms with E-state index in [0.29, 0.717) is 5.82 Å². The second kappa shape index (κ2) is 7.90. The van der Waals surface area contributed by atoms with Gasteiger partial charge in [-0.25, -0.2) is 0 Å². The normalized spacial score (nSPS) is 11.3. The Kier molecular flexibility index (Phi) is 5.90. The molecule has 130 valence electrons. The third kappa shape index (κ3) is 5.99. The van der Waals surface area contributed by atoms with Crippen LogP contribution in [0.4, 0.5) is 13.2 Å². The summed E-state index contributed by atoms with van der Waals surface area (Å²) in [6.45, 7) is -2.25. The second-order valence-electron chi connectivity index (χ2n) is 4.58. The molecule has 0 unspecified atom stereocenters. The molecule has 0 radical (unpaired) electrons. The fourth-order valence-corrected chi connectivity index (χ4v) is 2.18. The van der Waals surface area contributed by atoms with E-state index in [1.807, 2.05) is 16.8 Å². The van der Waals surface area contributed by atoms with E-state index in [9.17, 15) is 22.8 Å². The monoisotopic (exact) mass is 363 g/mol. The van der Waals surface area contributed by atoms with Gasteiger partial charge in [0.05, 0.1) is 6.42 Å². The van der Waals surface area contributed by atoms with Crippen LogP contribution < -0.4 is 5.32 Å². The number of ether oxygens (including phenoxy) is 1. The summed E-state index contributed by atoms with van der Waals surface area (Å²) in [4.78, 5) is 26.6. The van der Waals surface area contributed by atoms with Crippen molar-refractivity contribution in [2.24, 2.45) is 0 Å². The van der Waals surface area contributed by atoms with Crippen LogP contribution in [0.3, 0.4) is 0 Å². The molecule has 11 heteroatoms. The molecule has 0 saturated carbocycles. The van der Waals surface area contributed by atoms with Crippen molar-refractivity contribution >= 4 is 23.2 Å². The number of aryl methyl sites for hydroxylation is 1. The number of carbonyl (C=O) groups is 2. The van der Waals surface area contributed by atoms with Crippen LogP contribution in [0.5, 0.6) is 0 Å². The summed E-state index contributed by atoms with van der Waals surface area (Å²) in [5.74, 6) is -1.17. The van der Waals surface area contributed by atoms with E-state index in [0.717, 1.165) is 5.56 Å². The molecule has 0 atom stereocenters. The Hall–Kier alpha value is -2.43. The first-order valence-corrected chi connectivity index (χ1v) is 7.62. The van der Waals surface area contributed by atoms with E-state index in [1.54, 1.807) is 5.32 Å². The number of halogens is 3. The number of alkyl halides is 3. The molecular formula is C13H12F3N3O4S. The largest absolute Gasteiger partial charge is 0.456 e. The Morgan fingerprint density at radius 1 is 1.38 bits per heavy atom. The van der Waals surface area contributed by atoms with E-state index >= 15 is 0 Å². The maximum atomic E-state index is 11.9. The standard InChI is InChI=1S/C13H12F3N3O4S/c14-13(15,16)7-17-9(20)5-22-11(21)2-1-10-18-12(19-23-10)8-3-4-24-6-8/h3-4,6H,1-2,5,7H2,(H,17,20). The van der Waals surface area contributed by atoms with Crippen molar-refractivity contribution in [3.8, 4) is 11.4 Å². The molecule has 0 aliphatic heterocycles. The van der Waals surface area contributed by atoms with Crippen LogP contribution in [0, 0.1) is 0 Å². The molecule has 0 aliphatic rings. The molecule has 0 spiro atoms. The third-order valence-electron chi connectivity index (χ3n) is 2.64. The Balaban J connectivity index is 1.69. The minimum absolute atomic E-state index is 0.0974. The molecular weight excluding hydrogens is 351 g/mol. The Bertz CT molecular complexity index is 685. The van der Waals surface area contributed by atoms with Crippen LogP contribution >= 0.6 is 11.3 Å². The highest BCUT2D eigenvalue weighted by Crippen LogP contribution is 2.19. The van der Waals surface area contributed by atoms with Crippen molar-refractivity contribution in [3.05, 3.63) is 22.7 Å². The number of nitrogens with one attached hydrogen (secondary N) is 1. The molecule has 0 bridgehead atoms. The molecule has 1 N–H and O–H groups in total. The van der Waals surface area contributed by atoms with E-state index in [2.05, 4.69) is 14.9 Å². The van der Waals surface area contributed by atoms with Crippen LogP contribution in [-0.4, -0.2) is 41.3 Å². The highest BCUT2D eigenvalue weighted by Gasteiger charge is 2.27. The van der Waals surface area contributed by atoms with Gasteiger partial charge in [0.1, 0.15) is 6.54 Å². The number of thiophene rings is 1. The third-order valence-corrected chi connectivity index (χ3v) is 3.32. The van der Waals surface area contributed by atoms with E-state index in [4.69, 9.17) is 4.52 Å². The topological polar surface area (TPSA) is 94.3 Å². The Labute approximate surface area is 137 Å². The van der Waals surface area contributed by atoms with Crippen LogP contribution in [0.15, 0.2) is 21.3 Å². The van der Waals surface area contributed by atoms with Gasteiger partial charge in [0, 0.05) is 17.4 Å². The van der Waals surface area contributed by atoms with Gasteiger partial charge in [0.25, 0.3) is 5.91 Å². The fraction of sp³-hybridized carbons (Fsp3) is 0.385. The second-order valence-corrected chi connectivity index (χ2v) is 5.36. The predicted octanol–water partition coefficient (Wildman–Crippen LogP) is 1.95. The lowest BCUT2D eigenvalue weighted by atomic mass is 10.3. The lowest BCUT2D eigenvalue weighted by molar-refractivity contribution is -0.151. The van der Waals surface area contributed by atoms with Gasteiger partial charge in [-0.1, -0.05) is 5.16 Å². The number of esters is 1. The lowest BCUT2D eigenvalue weighted by Gasteiger charge is -2.08. The number of carbonyl (C=O) groups excluding carboxylic acids is 2. The molecule has 0 saturated heterocycles. The highest BCUT2D eigenvalue weighted by molar-refractivity contribution is 7.08. The van der Waals surface area contributed by atoms with Crippen molar-refractivity contribution < 1.29 is 32.0 Å². The number of hydrogen-bond acceptors (Lipinski definition) is 7. The number of hydrogen-bond donors (Lipinski definition) is 1. The zero-order valence-electron chi connectivity index (χ0n) is 12.1. The van der Waals surface area contributed by atoms with Crippen molar-refractivity contribution in [2.75, 3.05) is 13.2 Å². The van der Waals surface area contributed by atoms with Gasteiger partial charge in [-0.3, -0.25) is 9.59 Å². The van der Waals surface area contributed by atoms with Crippen molar-refractivity contribution in [3.63, 3.8) is 0 Å². The number of aromatic nitrogens is 2. The quantitative estimate of drug-likeness (QED) is 0.756. The van der Waals surface area contributed by atoms with Crippen LogP contribution in [-0.2, 0) is 20.7 Å². The van der Waals surface area contributed by atoms with Crippen LogP contribution in [0.1, 0.15) is 12.3 Å². The number of nitrogens with zero attached hydrogens (tertiary/aromatic N) is 2. The zero-order valence-corrected chi connectivity index (χ0v) is 12.9. The smallest absolute Gasteiger partial charge is 0.405 e. The zero-order chi connectivity index (χ0) is 17.6. The van der Waals surface area contributed by atoms with Gasteiger partial charge < -0.3 is 14.6 Å². The van der Waals surface area contributed by atoms with E-state index in [-0.39, 0.29) is 18.7 Å². The summed E-state index contributed by atoms with van der Waals surface area (Å²) < 4.78 is 45.2. The molecule has 2 heterocycles. The maximum absolute atomic E-state index is 11.9. The molecule has 0 aromatic carbocycles. The van der Waals surface area contributed by atoms with Crippen molar-refractivity contribution in [1.82, 2.24) is 15.5 Å². The molecule has 7 nitrogen and oxygen atoms in total. The molecule has 2 aromatic rings. The van der Waals surface area contributed by atoms with E-state index < -0.39 is 31.2 Å². The predicted molar refractivity (Wildman–Crippen MR) is 76.0 cm³/mol. The minimum Gasteiger partial charge on any atom is -0.456 e. The molecule has 1 amide bonds. The van der Waals surface area contributed by atoms with Crippen LogP contribution in [0.25, 0.3) is 11.4 Å². The van der Waals surface area contributed by atoms with Gasteiger partial charge in [-0.05, 0) is 11.4 Å². The summed E-state index contributed by atoms with van der Waals surface area (Å²) >= 11 is 1.47. The van der Waals surface area contributed by atoms with Crippen LogP contribution in [0.2, 0.25) is 0 Å². The molecule has 0 aliphatic carbocycles. The Morgan fingerprint density at radius 2 is 2.17 bits per heavy atom. The maximum Gasteiger partial charge on any atom is 0.405 e. The SMILES string of the molecule is O=C(COC(=O)CCc1nc(-c2ccsc2)no1)NCC(F)(F)F. The van der Waals surface area contributed by atoms with Crippen molar-refractivity contribution in [2.45, 2.75) is 19.0 Å². The van der Waals surface area contributed by atoms with Gasteiger partial charge >= 0.3 is 12.1 Å². The molecule has 2 rings (SSSR count). The van der Waals surface area contributed by atoms with Gasteiger partial charge in [-0.15, -0.1) is 0 Å². The number of amides is 1. The minimum atomic E-state index is -4.52. The van der Waals surface area contributed by atoms with Gasteiger partial charge in [-0.2, -0.15) is 29.5 Å². The summed E-state index contributed by atoms with van der Waals surface area (Å²) in [7, 11) is 0. The van der Waals surface area contributed by atoms with Gasteiger partial charge in [0.15, 0.2) is 6.61 Å². The van der Waals surface area contributed by atoms with Crippen molar-refractivity contribution in [1.29, 1.82) is 0 Å². The summed E-state index contributed by atoms with van der Waals surface area (Å²) in [5, 5.41) is 9.04. The average Bonchev–Trinajstić information content (AvgIpc) is 3.18. The Morgan fingerprint density at radius 3 is 2.83 bits per heavy atom. The average molecular weight is 363 g/mol.